The van der Waals surface area contributed by atoms with Crippen molar-refractivity contribution in [1.82, 2.24) is 9.80 Å². The highest BCUT2D eigenvalue weighted by Crippen LogP contribution is 2.39. The number of hydrogen-bond acceptors (Lipinski definition) is 3. The first-order valence-corrected chi connectivity index (χ1v) is 9.87. The lowest BCUT2D eigenvalue weighted by Gasteiger charge is -2.47. The molecular weight excluding hydrogens is 328 g/mol. The summed E-state index contributed by atoms with van der Waals surface area (Å²) in [4.78, 5) is 28.6. The smallest absolute Gasteiger partial charge is 0.223 e. The van der Waals surface area contributed by atoms with E-state index in [0.29, 0.717) is 38.5 Å². The molecule has 1 atom stereocenters. The Kier molecular flexibility index (Phi) is 4.98. The Hall–Kier alpha value is -1.88. The van der Waals surface area contributed by atoms with Crippen LogP contribution < -0.4 is 0 Å². The summed E-state index contributed by atoms with van der Waals surface area (Å²) in [6.07, 6.45) is 5.13. The van der Waals surface area contributed by atoms with Gasteiger partial charge in [-0.3, -0.25) is 9.59 Å². The molecule has 3 aliphatic rings. The molecule has 0 radical (unpaired) electrons. The highest BCUT2D eigenvalue weighted by Gasteiger charge is 2.51. The van der Waals surface area contributed by atoms with Gasteiger partial charge >= 0.3 is 0 Å². The first kappa shape index (κ1) is 17.5. The highest BCUT2D eigenvalue weighted by molar-refractivity contribution is 5.78. The fourth-order valence-electron chi connectivity index (χ4n) is 4.51. The van der Waals surface area contributed by atoms with Crippen molar-refractivity contribution in [3.8, 4) is 0 Å². The summed E-state index contributed by atoms with van der Waals surface area (Å²) in [6, 6.07) is 10.1. The van der Waals surface area contributed by atoms with Gasteiger partial charge < -0.3 is 14.5 Å². The zero-order valence-corrected chi connectivity index (χ0v) is 15.4. The summed E-state index contributed by atoms with van der Waals surface area (Å²) in [5.41, 5.74) is 1.02. The molecule has 0 aliphatic carbocycles. The zero-order valence-electron chi connectivity index (χ0n) is 15.4. The number of likely N-dealkylation sites (tertiary alicyclic amines) is 2. The zero-order chi connectivity index (χ0) is 18.0. The van der Waals surface area contributed by atoms with E-state index in [1.165, 1.54) is 5.56 Å². The number of carbonyl (C=O) groups excluding carboxylic acids is 2. The molecule has 0 saturated carbocycles. The average Bonchev–Trinajstić information content (AvgIpc) is 3.29. The Morgan fingerprint density at radius 1 is 1.04 bits per heavy atom. The highest BCUT2D eigenvalue weighted by atomic mass is 16.5. The summed E-state index contributed by atoms with van der Waals surface area (Å²) in [5.74, 6) is 0.799. The van der Waals surface area contributed by atoms with Gasteiger partial charge in [-0.15, -0.1) is 0 Å². The maximum absolute atomic E-state index is 12.4. The number of aryl methyl sites for hydroxylation is 1. The van der Waals surface area contributed by atoms with Crippen LogP contribution >= 0.6 is 0 Å². The van der Waals surface area contributed by atoms with Crippen LogP contribution in [-0.4, -0.2) is 60.0 Å². The SMILES string of the molecule is O=C(CC1COC2(C1)CN(C(=O)CCc1ccccc1)C2)N1CCCC1. The van der Waals surface area contributed by atoms with Crippen LogP contribution in [0, 0.1) is 5.92 Å². The average molecular weight is 356 g/mol. The van der Waals surface area contributed by atoms with Gasteiger partial charge in [0.25, 0.3) is 0 Å². The van der Waals surface area contributed by atoms with Gasteiger partial charge in [-0.25, -0.2) is 0 Å². The molecule has 1 spiro atoms. The molecule has 2 amide bonds. The van der Waals surface area contributed by atoms with Crippen LogP contribution in [0.3, 0.4) is 0 Å². The van der Waals surface area contributed by atoms with Gasteiger partial charge in [0.2, 0.25) is 11.8 Å². The van der Waals surface area contributed by atoms with Gasteiger partial charge in [-0.05, 0) is 37.2 Å². The first-order valence-electron chi connectivity index (χ1n) is 9.87. The first-order chi connectivity index (χ1) is 12.6. The van der Waals surface area contributed by atoms with Crippen molar-refractivity contribution in [2.45, 2.75) is 44.1 Å². The molecule has 0 N–H and O–H groups in total. The van der Waals surface area contributed by atoms with Crippen molar-refractivity contribution in [1.29, 1.82) is 0 Å². The summed E-state index contributed by atoms with van der Waals surface area (Å²) >= 11 is 0. The van der Waals surface area contributed by atoms with E-state index in [2.05, 4.69) is 12.1 Å². The monoisotopic (exact) mass is 356 g/mol. The number of rotatable bonds is 5. The van der Waals surface area contributed by atoms with Crippen LogP contribution in [0.25, 0.3) is 0 Å². The largest absolute Gasteiger partial charge is 0.371 e. The molecule has 140 valence electrons. The quantitative estimate of drug-likeness (QED) is 0.813. The van der Waals surface area contributed by atoms with Gasteiger partial charge in [0.05, 0.1) is 19.7 Å². The van der Waals surface area contributed by atoms with Crippen molar-refractivity contribution in [3.05, 3.63) is 35.9 Å². The van der Waals surface area contributed by atoms with Crippen molar-refractivity contribution < 1.29 is 14.3 Å². The molecule has 3 saturated heterocycles. The second kappa shape index (κ2) is 7.39. The lowest BCUT2D eigenvalue weighted by atomic mass is 9.85. The molecular formula is C21H28N2O3. The molecule has 0 bridgehead atoms. The second-order valence-corrected chi connectivity index (χ2v) is 8.09. The van der Waals surface area contributed by atoms with Crippen molar-refractivity contribution in [3.63, 3.8) is 0 Å². The van der Waals surface area contributed by atoms with Crippen LogP contribution in [0.5, 0.6) is 0 Å². The predicted molar refractivity (Wildman–Crippen MR) is 98.6 cm³/mol. The molecule has 1 aromatic carbocycles. The van der Waals surface area contributed by atoms with Gasteiger partial charge in [0.1, 0.15) is 5.60 Å². The van der Waals surface area contributed by atoms with E-state index in [0.717, 1.165) is 38.8 Å². The minimum atomic E-state index is -0.182. The minimum absolute atomic E-state index is 0.182. The van der Waals surface area contributed by atoms with Gasteiger partial charge in [0, 0.05) is 25.9 Å². The maximum Gasteiger partial charge on any atom is 0.223 e. The Morgan fingerprint density at radius 2 is 1.77 bits per heavy atom. The van der Waals surface area contributed by atoms with E-state index in [1.807, 2.05) is 28.0 Å². The molecule has 5 heteroatoms. The number of nitrogens with zero attached hydrogens (tertiary/aromatic N) is 2. The van der Waals surface area contributed by atoms with Gasteiger partial charge in [-0.2, -0.15) is 0 Å². The molecule has 1 aromatic rings. The van der Waals surface area contributed by atoms with Crippen molar-refractivity contribution in [2.75, 3.05) is 32.8 Å². The lowest BCUT2D eigenvalue weighted by molar-refractivity contribution is -0.157. The molecule has 0 aromatic heterocycles. The summed E-state index contributed by atoms with van der Waals surface area (Å²) in [5, 5.41) is 0. The fourth-order valence-corrected chi connectivity index (χ4v) is 4.51. The van der Waals surface area contributed by atoms with Crippen LogP contribution in [0.2, 0.25) is 0 Å². The van der Waals surface area contributed by atoms with Crippen molar-refractivity contribution in [2.24, 2.45) is 5.92 Å². The molecule has 4 rings (SSSR count). The van der Waals surface area contributed by atoms with E-state index >= 15 is 0 Å². The third-order valence-electron chi connectivity index (χ3n) is 5.99. The van der Waals surface area contributed by atoms with E-state index in [1.54, 1.807) is 0 Å². The van der Waals surface area contributed by atoms with E-state index < -0.39 is 0 Å². The minimum Gasteiger partial charge on any atom is -0.371 e. The fraction of sp³-hybridized carbons (Fsp3) is 0.619. The van der Waals surface area contributed by atoms with Crippen LogP contribution in [0.15, 0.2) is 30.3 Å². The van der Waals surface area contributed by atoms with E-state index in [4.69, 9.17) is 4.74 Å². The number of hydrogen-bond donors (Lipinski definition) is 0. The molecule has 3 aliphatic heterocycles. The van der Waals surface area contributed by atoms with Gasteiger partial charge in [0.15, 0.2) is 0 Å². The third-order valence-corrected chi connectivity index (χ3v) is 5.99. The molecule has 3 fully saturated rings. The predicted octanol–water partition coefficient (Wildman–Crippen LogP) is 2.25. The Balaban J connectivity index is 1.20. The Bertz CT molecular complexity index is 648. The Morgan fingerprint density at radius 3 is 2.50 bits per heavy atom. The Labute approximate surface area is 155 Å². The molecule has 26 heavy (non-hydrogen) atoms. The number of amides is 2. The molecule has 1 unspecified atom stereocenters. The number of carbonyl (C=O) groups is 2. The van der Waals surface area contributed by atoms with Crippen LogP contribution in [0.4, 0.5) is 0 Å². The molecule has 5 nitrogen and oxygen atoms in total. The lowest BCUT2D eigenvalue weighted by Crippen LogP contribution is -2.63. The molecule has 3 heterocycles. The van der Waals surface area contributed by atoms with Crippen molar-refractivity contribution >= 4 is 11.8 Å². The summed E-state index contributed by atoms with van der Waals surface area (Å²) in [7, 11) is 0. The number of ether oxygens (including phenoxy) is 1. The number of benzene rings is 1. The van der Waals surface area contributed by atoms with Crippen LogP contribution in [0.1, 0.15) is 37.7 Å². The standard InChI is InChI=1S/C21H28N2O3/c24-19(9-8-17-6-2-1-3-7-17)23-15-21(16-23)13-18(14-26-21)12-20(25)22-10-4-5-11-22/h1-3,6-7,18H,4-5,8-16H2. The summed E-state index contributed by atoms with van der Waals surface area (Å²) < 4.78 is 6.03. The second-order valence-electron chi connectivity index (χ2n) is 8.09. The topological polar surface area (TPSA) is 49.9 Å². The third kappa shape index (κ3) is 3.78. The summed E-state index contributed by atoms with van der Waals surface area (Å²) in [6.45, 7) is 3.87. The van der Waals surface area contributed by atoms with E-state index in [-0.39, 0.29) is 17.4 Å². The van der Waals surface area contributed by atoms with Gasteiger partial charge in [-0.1, -0.05) is 30.3 Å². The van der Waals surface area contributed by atoms with Crippen LogP contribution in [-0.2, 0) is 20.7 Å². The van der Waals surface area contributed by atoms with E-state index in [9.17, 15) is 9.59 Å². The maximum atomic E-state index is 12.4. The normalized spacial score (nSPS) is 24.1.